The van der Waals surface area contributed by atoms with Crippen LogP contribution in [0.3, 0.4) is 0 Å². The summed E-state index contributed by atoms with van der Waals surface area (Å²) in [6.45, 7) is 7.49. The molecule has 0 aliphatic heterocycles. The lowest BCUT2D eigenvalue weighted by atomic mass is 9.88. The number of nitrogens with two attached hydrogens (primary N) is 1. The van der Waals surface area contributed by atoms with Crippen LogP contribution in [0.1, 0.15) is 65.4 Å². The summed E-state index contributed by atoms with van der Waals surface area (Å²) in [5.74, 6) is -0.426. The molecule has 28 heavy (non-hydrogen) atoms. The molecule has 0 aliphatic rings. The summed E-state index contributed by atoms with van der Waals surface area (Å²) in [5.41, 5.74) is 3.30. The smallest absolute Gasteiger partial charge is 0.391 e. The van der Waals surface area contributed by atoms with Crippen molar-refractivity contribution in [3.05, 3.63) is 29.8 Å². The van der Waals surface area contributed by atoms with E-state index in [1.165, 1.54) is 0 Å². The van der Waals surface area contributed by atoms with Crippen LogP contribution < -0.4 is 10.5 Å². The molecule has 0 bridgehead atoms. The van der Waals surface area contributed by atoms with Crippen LogP contribution in [0.15, 0.2) is 24.3 Å². The fraction of sp³-hybridized carbons (Fsp3) is 0.667. The normalized spacial score (nSPS) is 14.4. The van der Waals surface area contributed by atoms with Gasteiger partial charge in [-0.2, -0.15) is 13.2 Å². The number of carbonyl (C=O) groups is 1. The third-order valence-corrected chi connectivity index (χ3v) is 4.03. The predicted molar refractivity (Wildman–Crippen MR) is 103 cm³/mol. The van der Waals surface area contributed by atoms with Gasteiger partial charge >= 0.3 is 12.1 Å². The molecule has 4 nitrogen and oxygen atoms in total. The number of benzene rings is 1. The molecule has 0 saturated carbocycles. The van der Waals surface area contributed by atoms with Crippen molar-refractivity contribution in [1.82, 2.24) is 0 Å². The first-order chi connectivity index (χ1) is 12.8. The second-order valence-electron chi connectivity index (χ2n) is 8.18. The molecule has 7 heteroatoms. The molecule has 0 spiro atoms. The van der Waals surface area contributed by atoms with Gasteiger partial charge in [0.15, 0.2) is 0 Å². The second-order valence-corrected chi connectivity index (χ2v) is 8.18. The van der Waals surface area contributed by atoms with E-state index in [9.17, 15) is 18.0 Å². The monoisotopic (exact) mass is 403 g/mol. The Morgan fingerprint density at radius 3 is 2.14 bits per heavy atom. The molecule has 160 valence electrons. The predicted octanol–water partition coefficient (Wildman–Crippen LogP) is 5.18. The van der Waals surface area contributed by atoms with Gasteiger partial charge in [0.2, 0.25) is 0 Å². The van der Waals surface area contributed by atoms with Gasteiger partial charge in [-0.15, -0.1) is 0 Å². The van der Waals surface area contributed by atoms with E-state index >= 15 is 0 Å². The standard InChI is InChI=1S/C21H32F3NO3/c1-5-6-7-8-13-27-17-11-9-16(10-12-17)14-20(25,15-21(22,23)24)18(26)28-19(2,3)4/h9-12H,5-8,13-15,25H2,1-4H3/t20-/m1/s1. The Bertz CT molecular complexity index is 609. The molecule has 1 atom stereocenters. The fourth-order valence-corrected chi connectivity index (χ4v) is 2.73. The Morgan fingerprint density at radius 2 is 1.64 bits per heavy atom. The molecule has 1 aromatic rings. The van der Waals surface area contributed by atoms with Gasteiger partial charge < -0.3 is 15.2 Å². The zero-order valence-corrected chi connectivity index (χ0v) is 17.2. The van der Waals surface area contributed by atoms with E-state index in [2.05, 4.69) is 6.92 Å². The van der Waals surface area contributed by atoms with Crippen molar-refractivity contribution in [2.75, 3.05) is 6.61 Å². The molecule has 0 unspecified atom stereocenters. The molecule has 0 aromatic heterocycles. The largest absolute Gasteiger partial charge is 0.494 e. The number of unbranched alkanes of at least 4 members (excludes halogenated alkanes) is 3. The highest BCUT2D eigenvalue weighted by atomic mass is 19.4. The zero-order chi connectivity index (χ0) is 21.4. The molecule has 0 saturated heterocycles. The SMILES string of the molecule is CCCCCCOc1ccc(C[C@@](N)(CC(F)(F)F)C(=O)OC(C)(C)C)cc1. The molecular formula is C21H32F3NO3. The van der Waals surface area contributed by atoms with Crippen molar-refractivity contribution in [3.63, 3.8) is 0 Å². The number of esters is 1. The average Bonchev–Trinajstić information content (AvgIpc) is 2.53. The topological polar surface area (TPSA) is 61.5 Å². The van der Waals surface area contributed by atoms with Crippen LogP contribution in [0.4, 0.5) is 13.2 Å². The van der Waals surface area contributed by atoms with Gasteiger partial charge in [0.25, 0.3) is 0 Å². The van der Waals surface area contributed by atoms with Gasteiger partial charge in [0, 0.05) is 6.42 Å². The molecule has 1 rings (SSSR count). The summed E-state index contributed by atoms with van der Waals surface area (Å²) >= 11 is 0. The molecule has 0 amide bonds. The highest BCUT2D eigenvalue weighted by molar-refractivity contribution is 5.81. The summed E-state index contributed by atoms with van der Waals surface area (Å²) in [4.78, 5) is 12.4. The lowest BCUT2D eigenvalue weighted by Gasteiger charge is -2.32. The minimum atomic E-state index is -4.59. The second kappa shape index (κ2) is 10.1. The maximum atomic E-state index is 13.0. The Morgan fingerprint density at radius 1 is 1.04 bits per heavy atom. The zero-order valence-electron chi connectivity index (χ0n) is 17.2. The highest BCUT2D eigenvalue weighted by Gasteiger charge is 2.47. The van der Waals surface area contributed by atoms with Crippen LogP contribution in [0.5, 0.6) is 5.75 Å². The van der Waals surface area contributed by atoms with Gasteiger partial charge in [-0.05, 0) is 44.9 Å². The van der Waals surface area contributed by atoms with Gasteiger partial charge in [0.05, 0.1) is 13.0 Å². The quantitative estimate of drug-likeness (QED) is 0.432. The molecular weight excluding hydrogens is 371 g/mol. The van der Waals surface area contributed by atoms with Gasteiger partial charge in [-0.1, -0.05) is 38.3 Å². The summed E-state index contributed by atoms with van der Waals surface area (Å²) < 4.78 is 49.9. The van der Waals surface area contributed by atoms with E-state index in [4.69, 9.17) is 15.2 Å². The van der Waals surface area contributed by atoms with Crippen molar-refractivity contribution in [1.29, 1.82) is 0 Å². The Balaban J connectivity index is 2.81. The first-order valence-electron chi connectivity index (χ1n) is 9.65. The van der Waals surface area contributed by atoms with E-state index in [0.29, 0.717) is 17.9 Å². The molecule has 0 heterocycles. The van der Waals surface area contributed by atoms with Crippen LogP contribution in [-0.4, -0.2) is 29.9 Å². The molecule has 0 radical (unpaired) electrons. The van der Waals surface area contributed by atoms with Crippen molar-refractivity contribution < 1.29 is 27.4 Å². The van der Waals surface area contributed by atoms with E-state index in [1.54, 1.807) is 45.0 Å². The fourth-order valence-electron chi connectivity index (χ4n) is 2.73. The van der Waals surface area contributed by atoms with Crippen molar-refractivity contribution in [3.8, 4) is 5.75 Å². The van der Waals surface area contributed by atoms with E-state index in [0.717, 1.165) is 25.7 Å². The molecule has 2 N–H and O–H groups in total. The van der Waals surface area contributed by atoms with E-state index in [1.807, 2.05) is 0 Å². The number of rotatable bonds is 10. The van der Waals surface area contributed by atoms with E-state index in [-0.39, 0.29) is 6.42 Å². The number of carbonyl (C=O) groups excluding carboxylic acids is 1. The van der Waals surface area contributed by atoms with Crippen molar-refractivity contribution in [2.45, 2.75) is 83.5 Å². The van der Waals surface area contributed by atoms with Crippen molar-refractivity contribution >= 4 is 5.97 Å². The highest BCUT2D eigenvalue weighted by Crippen LogP contribution is 2.31. The minimum Gasteiger partial charge on any atom is -0.494 e. The number of halogens is 3. The average molecular weight is 403 g/mol. The number of alkyl halides is 3. The third kappa shape index (κ3) is 9.44. The Kier molecular flexibility index (Phi) is 8.79. The van der Waals surface area contributed by atoms with Gasteiger partial charge in [-0.25, -0.2) is 0 Å². The van der Waals surface area contributed by atoms with Crippen molar-refractivity contribution in [2.24, 2.45) is 5.73 Å². The minimum absolute atomic E-state index is 0.280. The van der Waals surface area contributed by atoms with Crippen LogP contribution in [0, 0.1) is 0 Å². The number of hydrogen-bond donors (Lipinski definition) is 1. The van der Waals surface area contributed by atoms with E-state index < -0.39 is 29.7 Å². The lowest BCUT2D eigenvalue weighted by molar-refractivity contribution is -0.179. The van der Waals surface area contributed by atoms with Crippen LogP contribution in [0.2, 0.25) is 0 Å². The first kappa shape index (κ1) is 24.3. The summed E-state index contributed by atoms with van der Waals surface area (Å²) in [6, 6.07) is 6.62. The number of hydrogen-bond acceptors (Lipinski definition) is 4. The molecule has 1 aromatic carbocycles. The summed E-state index contributed by atoms with van der Waals surface area (Å²) in [7, 11) is 0. The summed E-state index contributed by atoms with van der Waals surface area (Å²) in [6.07, 6.45) is -1.98. The molecule has 0 aliphatic carbocycles. The van der Waals surface area contributed by atoms with Crippen LogP contribution in [-0.2, 0) is 16.0 Å². The Labute approximate surface area is 165 Å². The van der Waals surface area contributed by atoms with Gasteiger partial charge in [-0.3, -0.25) is 4.79 Å². The maximum absolute atomic E-state index is 13.0. The molecule has 0 fully saturated rings. The first-order valence-corrected chi connectivity index (χ1v) is 9.65. The number of ether oxygens (including phenoxy) is 2. The summed E-state index contributed by atoms with van der Waals surface area (Å²) in [5, 5.41) is 0. The third-order valence-electron chi connectivity index (χ3n) is 4.03. The Hall–Kier alpha value is -1.76. The van der Waals surface area contributed by atoms with Crippen LogP contribution in [0.25, 0.3) is 0 Å². The lowest BCUT2D eigenvalue weighted by Crippen LogP contribution is -2.55. The van der Waals surface area contributed by atoms with Gasteiger partial charge in [0.1, 0.15) is 16.9 Å². The maximum Gasteiger partial charge on any atom is 0.391 e. The van der Waals surface area contributed by atoms with Crippen LogP contribution >= 0.6 is 0 Å².